The Morgan fingerprint density at radius 2 is 2.06 bits per heavy atom. The molecule has 0 spiro atoms. The van der Waals surface area contributed by atoms with E-state index in [-0.39, 0.29) is 5.91 Å². The Kier molecular flexibility index (Phi) is 4.50. The van der Waals surface area contributed by atoms with E-state index in [0.717, 1.165) is 6.42 Å². The molecule has 3 heteroatoms. The van der Waals surface area contributed by atoms with Gasteiger partial charge in [-0.15, -0.1) is 0 Å². The zero-order valence-electron chi connectivity index (χ0n) is 10.2. The highest BCUT2D eigenvalue weighted by Gasteiger charge is 2.12. The number of hydrogen-bond donors (Lipinski definition) is 1. The normalized spacial score (nSPS) is 12.2. The number of rotatable bonds is 4. The number of benzene rings is 1. The third kappa shape index (κ3) is 3.35. The Hall–Kier alpha value is -1.35. The first kappa shape index (κ1) is 12.7. The van der Waals surface area contributed by atoms with E-state index in [9.17, 15) is 4.79 Å². The molecule has 88 valence electrons. The van der Waals surface area contributed by atoms with Gasteiger partial charge in [0, 0.05) is 13.6 Å². The van der Waals surface area contributed by atoms with Gasteiger partial charge < -0.3 is 10.6 Å². The molecule has 1 aromatic rings. The predicted molar refractivity (Wildman–Crippen MR) is 66.2 cm³/mol. The molecule has 0 saturated heterocycles. The van der Waals surface area contributed by atoms with Crippen LogP contribution in [0.15, 0.2) is 24.3 Å². The maximum atomic E-state index is 11.5. The number of nitrogens with zero attached hydrogens (tertiary/aromatic N) is 1. The van der Waals surface area contributed by atoms with E-state index < -0.39 is 6.04 Å². The molecule has 1 rings (SSSR count). The van der Waals surface area contributed by atoms with Crippen molar-refractivity contribution in [1.82, 2.24) is 4.90 Å². The van der Waals surface area contributed by atoms with Gasteiger partial charge >= 0.3 is 0 Å². The molecule has 0 saturated carbocycles. The van der Waals surface area contributed by atoms with Crippen LogP contribution < -0.4 is 5.73 Å². The summed E-state index contributed by atoms with van der Waals surface area (Å²) < 4.78 is 0. The minimum absolute atomic E-state index is 0.00594. The van der Waals surface area contributed by atoms with Crippen molar-refractivity contribution in [2.75, 3.05) is 13.6 Å². The molecular weight excluding hydrogens is 200 g/mol. The van der Waals surface area contributed by atoms with E-state index in [0.29, 0.717) is 6.54 Å². The van der Waals surface area contributed by atoms with Gasteiger partial charge in [-0.3, -0.25) is 4.79 Å². The molecule has 0 heterocycles. The Bertz CT molecular complexity index is 361. The Balaban J connectivity index is 2.52. The van der Waals surface area contributed by atoms with E-state index in [1.807, 2.05) is 12.1 Å². The highest BCUT2D eigenvalue weighted by atomic mass is 16.2. The fourth-order valence-corrected chi connectivity index (χ4v) is 1.64. The molecule has 16 heavy (non-hydrogen) atoms. The Morgan fingerprint density at radius 1 is 1.44 bits per heavy atom. The highest BCUT2D eigenvalue weighted by molar-refractivity contribution is 5.80. The minimum atomic E-state index is -0.415. The lowest BCUT2D eigenvalue weighted by Gasteiger charge is -2.19. The van der Waals surface area contributed by atoms with Crippen LogP contribution in [-0.2, 0) is 11.2 Å². The third-order valence-electron chi connectivity index (χ3n) is 2.74. The van der Waals surface area contributed by atoms with Crippen molar-refractivity contribution < 1.29 is 4.79 Å². The van der Waals surface area contributed by atoms with Crippen LogP contribution >= 0.6 is 0 Å². The van der Waals surface area contributed by atoms with Crippen LogP contribution in [0.3, 0.4) is 0 Å². The van der Waals surface area contributed by atoms with Crippen LogP contribution in [0.1, 0.15) is 18.1 Å². The first-order valence-electron chi connectivity index (χ1n) is 5.57. The Morgan fingerprint density at radius 3 is 2.62 bits per heavy atom. The molecule has 0 bridgehead atoms. The summed E-state index contributed by atoms with van der Waals surface area (Å²) in [4.78, 5) is 13.2. The van der Waals surface area contributed by atoms with Gasteiger partial charge in [0.1, 0.15) is 0 Å². The van der Waals surface area contributed by atoms with Crippen molar-refractivity contribution in [3.63, 3.8) is 0 Å². The summed E-state index contributed by atoms with van der Waals surface area (Å²) in [6.07, 6.45) is 0.877. The second kappa shape index (κ2) is 5.66. The van der Waals surface area contributed by atoms with Crippen molar-refractivity contribution in [2.24, 2.45) is 5.73 Å². The molecule has 1 amide bonds. The summed E-state index contributed by atoms with van der Waals surface area (Å²) in [5.74, 6) is -0.00594. The lowest BCUT2D eigenvalue weighted by Crippen LogP contribution is -2.40. The number of likely N-dealkylation sites (N-methyl/N-ethyl adjacent to an activating group) is 1. The molecule has 1 atom stereocenters. The van der Waals surface area contributed by atoms with Gasteiger partial charge in [0.15, 0.2) is 0 Å². The number of aryl methyl sites for hydroxylation is 1. The minimum Gasteiger partial charge on any atom is -0.344 e. The van der Waals surface area contributed by atoms with Crippen molar-refractivity contribution >= 4 is 5.91 Å². The van der Waals surface area contributed by atoms with Gasteiger partial charge in [-0.2, -0.15) is 0 Å². The maximum Gasteiger partial charge on any atom is 0.238 e. The molecule has 1 aromatic carbocycles. The summed E-state index contributed by atoms with van der Waals surface area (Å²) in [5, 5.41) is 0. The van der Waals surface area contributed by atoms with Gasteiger partial charge in [0.25, 0.3) is 0 Å². The molecule has 3 nitrogen and oxygen atoms in total. The average Bonchev–Trinajstić information content (AvgIpc) is 2.26. The quantitative estimate of drug-likeness (QED) is 0.832. The molecule has 0 radical (unpaired) electrons. The summed E-state index contributed by atoms with van der Waals surface area (Å²) in [5.41, 5.74) is 8.10. The molecule has 0 fully saturated rings. The second-order valence-electron chi connectivity index (χ2n) is 4.22. The van der Waals surface area contributed by atoms with E-state index in [4.69, 9.17) is 5.73 Å². The zero-order chi connectivity index (χ0) is 12.1. The molecule has 1 unspecified atom stereocenters. The van der Waals surface area contributed by atoms with E-state index >= 15 is 0 Å². The van der Waals surface area contributed by atoms with Gasteiger partial charge in [0.05, 0.1) is 6.04 Å². The number of amides is 1. The third-order valence-corrected chi connectivity index (χ3v) is 2.74. The van der Waals surface area contributed by atoms with E-state index in [2.05, 4.69) is 19.1 Å². The Labute approximate surface area is 97.2 Å². The summed E-state index contributed by atoms with van der Waals surface area (Å²) >= 11 is 0. The lowest BCUT2D eigenvalue weighted by atomic mass is 10.1. The molecular formula is C13H20N2O. The smallest absolute Gasteiger partial charge is 0.238 e. The standard InChI is InChI=1S/C13H20N2O/c1-10-6-4-5-7-12(10)8-9-15(3)13(16)11(2)14/h4-7,11H,8-9,14H2,1-3H3. The van der Waals surface area contributed by atoms with Gasteiger partial charge in [-0.05, 0) is 31.4 Å². The average molecular weight is 220 g/mol. The summed E-state index contributed by atoms with van der Waals surface area (Å²) in [7, 11) is 1.80. The van der Waals surface area contributed by atoms with Gasteiger partial charge in [0.2, 0.25) is 5.91 Å². The van der Waals surface area contributed by atoms with E-state index in [1.54, 1.807) is 18.9 Å². The van der Waals surface area contributed by atoms with Gasteiger partial charge in [-0.25, -0.2) is 0 Å². The van der Waals surface area contributed by atoms with Crippen LogP contribution in [0.5, 0.6) is 0 Å². The second-order valence-corrected chi connectivity index (χ2v) is 4.22. The van der Waals surface area contributed by atoms with Gasteiger partial charge in [-0.1, -0.05) is 24.3 Å². The monoisotopic (exact) mass is 220 g/mol. The van der Waals surface area contributed by atoms with Crippen LogP contribution in [0.25, 0.3) is 0 Å². The number of nitrogens with two attached hydrogens (primary N) is 1. The van der Waals surface area contributed by atoms with Crippen LogP contribution in [-0.4, -0.2) is 30.4 Å². The van der Waals surface area contributed by atoms with Crippen LogP contribution in [0.2, 0.25) is 0 Å². The summed E-state index contributed by atoms with van der Waals surface area (Å²) in [6.45, 7) is 4.51. The lowest BCUT2D eigenvalue weighted by molar-refractivity contribution is -0.130. The first-order valence-corrected chi connectivity index (χ1v) is 5.57. The molecule has 0 aliphatic heterocycles. The van der Waals surface area contributed by atoms with Crippen molar-refractivity contribution in [3.05, 3.63) is 35.4 Å². The van der Waals surface area contributed by atoms with Crippen LogP contribution in [0, 0.1) is 6.92 Å². The highest BCUT2D eigenvalue weighted by Crippen LogP contribution is 2.08. The molecule has 2 N–H and O–H groups in total. The zero-order valence-corrected chi connectivity index (χ0v) is 10.2. The number of carbonyl (C=O) groups excluding carboxylic acids is 1. The topological polar surface area (TPSA) is 46.3 Å². The van der Waals surface area contributed by atoms with Crippen molar-refractivity contribution in [2.45, 2.75) is 26.3 Å². The fraction of sp³-hybridized carbons (Fsp3) is 0.462. The number of carbonyl (C=O) groups is 1. The first-order chi connectivity index (χ1) is 7.52. The number of hydrogen-bond acceptors (Lipinski definition) is 2. The predicted octanol–water partition coefficient (Wildman–Crippen LogP) is 1.34. The molecule has 0 aliphatic carbocycles. The maximum absolute atomic E-state index is 11.5. The SMILES string of the molecule is Cc1ccccc1CCN(C)C(=O)C(C)N. The van der Waals surface area contributed by atoms with Crippen molar-refractivity contribution in [1.29, 1.82) is 0 Å². The largest absolute Gasteiger partial charge is 0.344 e. The van der Waals surface area contributed by atoms with Crippen molar-refractivity contribution in [3.8, 4) is 0 Å². The van der Waals surface area contributed by atoms with E-state index in [1.165, 1.54) is 11.1 Å². The molecule has 0 aromatic heterocycles. The fourth-order valence-electron chi connectivity index (χ4n) is 1.64. The molecule has 0 aliphatic rings. The summed E-state index contributed by atoms with van der Waals surface area (Å²) in [6, 6.07) is 7.81. The van der Waals surface area contributed by atoms with Crippen LogP contribution in [0.4, 0.5) is 0 Å².